The molecule has 2 saturated heterocycles. The van der Waals surface area contributed by atoms with Gasteiger partial charge in [0.2, 0.25) is 0 Å². The van der Waals surface area contributed by atoms with Crippen molar-refractivity contribution in [1.29, 1.82) is 0 Å². The number of carbonyl (C=O) groups is 1. The maximum absolute atomic E-state index is 13.2. The summed E-state index contributed by atoms with van der Waals surface area (Å²) in [5, 5.41) is 12.1. The van der Waals surface area contributed by atoms with E-state index in [1.807, 2.05) is 11.6 Å². The lowest BCUT2D eigenvalue weighted by molar-refractivity contribution is 0.0704. The number of carbonyl (C=O) groups excluding carboxylic acids is 1. The van der Waals surface area contributed by atoms with Crippen molar-refractivity contribution in [3.63, 3.8) is 0 Å². The molecule has 26 heavy (non-hydrogen) atoms. The summed E-state index contributed by atoms with van der Waals surface area (Å²) in [6, 6.07) is 0.788. The maximum Gasteiger partial charge on any atom is 0.276 e. The summed E-state index contributed by atoms with van der Waals surface area (Å²) in [7, 11) is 0. The smallest absolute Gasteiger partial charge is 0.276 e. The second-order valence-electron chi connectivity index (χ2n) is 8.48. The zero-order chi connectivity index (χ0) is 17.9. The fraction of sp³-hybridized carbons (Fsp3) is 0.850. The molecule has 1 aromatic heterocycles. The van der Waals surface area contributed by atoms with Crippen molar-refractivity contribution in [2.24, 2.45) is 5.92 Å². The van der Waals surface area contributed by atoms with Gasteiger partial charge in [0.25, 0.3) is 5.91 Å². The van der Waals surface area contributed by atoms with Crippen LogP contribution >= 0.6 is 0 Å². The number of hydrogen-bond acceptors (Lipinski definition) is 4. The van der Waals surface area contributed by atoms with Crippen LogP contribution < -0.4 is 5.32 Å². The highest BCUT2D eigenvalue weighted by Crippen LogP contribution is 2.33. The first kappa shape index (κ1) is 18.0. The van der Waals surface area contributed by atoms with Crippen molar-refractivity contribution in [3.05, 3.63) is 11.4 Å². The SMILES string of the molecule is Cc1c(C(=O)N2CCCC2CC2CCCCC2)nnn1C1CCNCC1. The number of aromatic nitrogens is 3. The average molecular weight is 360 g/mol. The zero-order valence-corrected chi connectivity index (χ0v) is 16.1. The molecular weight excluding hydrogens is 326 g/mol. The molecule has 0 spiro atoms. The summed E-state index contributed by atoms with van der Waals surface area (Å²) in [6.45, 7) is 4.93. The van der Waals surface area contributed by atoms with Gasteiger partial charge < -0.3 is 10.2 Å². The molecule has 2 aliphatic heterocycles. The summed E-state index contributed by atoms with van der Waals surface area (Å²) in [5.74, 6) is 0.926. The number of likely N-dealkylation sites (tertiary alicyclic amines) is 1. The molecule has 1 unspecified atom stereocenters. The lowest BCUT2D eigenvalue weighted by atomic mass is 9.84. The van der Waals surface area contributed by atoms with Gasteiger partial charge in [-0.2, -0.15) is 0 Å². The molecule has 1 atom stereocenters. The lowest BCUT2D eigenvalue weighted by Gasteiger charge is -2.30. The molecule has 0 radical (unpaired) electrons. The maximum atomic E-state index is 13.2. The Morgan fingerprint density at radius 3 is 2.62 bits per heavy atom. The topological polar surface area (TPSA) is 63.1 Å². The van der Waals surface area contributed by atoms with Crippen LogP contribution in [0.2, 0.25) is 0 Å². The molecule has 3 fully saturated rings. The van der Waals surface area contributed by atoms with Crippen LogP contribution in [0.5, 0.6) is 0 Å². The van der Waals surface area contributed by atoms with Gasteiger partial charge in [0.1, 0.15) is 0 Å². The highest BCUT2D eigenvalue weighted by atomic mass is 16.2. The van der Waals surface area contributed by atoms with Crippen molar-refractivity contribution < 1.29 is 4.79 Å². The minimum atomic E-state index is 0.112. The Labute approximate surface area is 156 Å². The third-order valence-electron chi connectivity index (χ3n) is 6.75. The van der Waals surface area contributed by atoms with Crippen LogP contribution in [0.25, 0.3) is 0 Å². The minimum Gasteiger partial charge on any atom is -0.334 e. The van der Waals surface area contributed by atoms with Crippen LogP contribution in [-0.2, 0) is 0 Å². The first-order valence-electron chi connectivity index (χ1n) is 10.7. The zero-order valence-electron chi connectivity index (χ0n) is 16.1. The first-order valence-corrected chi connectivity index (χ1v) is 10.7. The Bertz CT molecular complexity index is 616. The molecular formula is C20H33N5O. The highest BCUT2D eigenvalue weighted by Gasteiger charge is 2.34. The molecule has 1 aliphatic carbocycles. The van der Waals surface area contributed by atoms with Crippen LogP contribution in [0.4, 0.5) is 0 Å². The van der Waals surface area contributed by atoms with Gasteiger partial charge in [-0.1, -0.05) is 37.3 Å². The lowest BCUT2D eigenvalue weighted by Crippen LogP contribution is -2.37. The van der Waals surface area contributed by atoms with Crippen LogP contribution in [-0.4, -0.2) is 51.5 Å². The van der Waals surface area contributed by atoms with Crippen molar-refractivity contribution in [2.45, 2.75) is 83.2 Å². The normalized spacial score (nSPS) is 25.7. The molecule has 6 nitrogen and oxygen atoms in total. The van der Waals surface area contributed by atoms with Crippen molar-refractivity contribution in [2.75, 3.05) is 19.6 Å². The molecule has 3 aliphatic rings. The van der Waals surface area contributed by atoms with Crippen LogP contribution in [0, 0.1) is 12.8 Å². The molecule has 0 aromatic carbocycles. The fourth-order valence-electron chi connectivity index (χ4n) is 5.23. The van der Waals surface area contributed by atoms with Crippen molar-refractivity contribution >= 4 is 5.91 Å². The van der Waals surface area contributed by atoms with E-state index in [9.17, 15) is 4.79 Å². The molecule has 1 N–H and O–H groups in total. The molecule has 3 heterocycles. The first-order chi connectivity index (χ1) is 12.7. The number of nitrogens with zero attached hydrogens (tertiary/aromatic N) is 4. The van der Waals surface area contributed by atoms with E-state index >= 15 is 0 Å². The molecule has 6 heteroatoms. The van der Waals surface area contributed by atoms with Gasteiger partial charge in [-0.05, 0) is 58.0 Å². The van der Waals surface area contributed by atoms with E-state index in [4.69, 9.17) is 0 Å². The van der Waals surface area contributed by atoms with Crippen molar-refractivity contribution in [1.82, 2.24) is 25.2 Å². The number of amides is 1. The fourth-order valence-corrected chi connectivity index (χ4v) is 5.23. The number of rotatable bonds is 4. The van der Waals surface area contributed by atoms with Gasteiger partial charge in [0.05, 0.1) is 11.7 Å². The van der Waals surface area contributed by atoms with Gasteiger partial charge in [-0.25, -0.2) is 4.68 Å². The standard InChI is InChI=1S/C20H33N5O/c1-15-19(22-23-25(15)17-9-11-21-12-10-17)20(26)24-13-5-8-18(24)14-16-6-3-2-4-7-16/h16-18,21H,2-14H2,1H3. The van der Waals surface area contributed by atoms with E-state index in [-0.39, 0.29) is 5.91 Å². The predicted molar refractivity (Wildman–Crippen MR) is 101 cm³/mol. The molecule has 1 saturated carbocycles. The molecule has 4 rings (SSSR count). The molecule has 1 aromatic rings. The van der Waals surface area contributed by atoms with E-state index < -0.39 is 0 Å². The quantitative estimate of drug-likeness (QED) is 0.897. The van der Waals surface area contributed by atoms with E-state index in [0.29, 0.717) is 17.8 Å². The summed E-state index contributed by atoms with van der Waals surface area (Å²) in [5.41, 5.74) is 1.53. The van der Waals surface area contributed by atoms with E-state index in [1.165, 1.54) is 38.5 Å². The Balaban J connectivity index is 1.45. The predicted octanol–water partition coefficient (Wildman–Crippen LogP) is 3.09. The van der Waals surface area contributed by atoms with Crippen LogP contribution in [0.15, 0.2) is 0 Å². The van der Waals surface area contributed by atoms with Crippen LogP contribution in [0.1, 0.15) is 86.4 Å². The van der Waals surface area contributed by atoms with Gasteiger partial charge in [0, 0.05) is 12.6 Å². The minimum absolute atomic E-state index is 0.112. The van der Waals surface area contributed by atoms with Gasteiger partial charge in [0.15, 0.2) is 5.69 Å². The summed E-state index contributed by atoms with van der Waals surface area (Å²) >= 11 is 0. The van der Waals surface area contributed by atoms with E-state index in [1.54, 1.807) is 0 Å². The number of hydrogen-bond donors (Lipinski definition) is 1. The highest BCUT2D eigenvalue weighted by molar-refractivity contribution is 5.93. The summed E-state index contributed by atoms with van der Waals surface area (Å²) in [6.07, 6.45) is 12.4. The Morgan fingerprint density at radius 1 is 1.08 bits per heavy atom. The van der Waals surface area contributed by atoms with E-state index in [2.05, 4.69) is 20.5 Å². The van der Waals surface area contributed by atoms with Crippen LogP contribution in [0.3, 0.4) is 0 Å². The Morgan fingerprint density at radius 2 is 1.85 bits per heavy atom. The Hall–Kier alpha value is -1.43. The number of piperidine rings is 1. The largest absolute Gasteiger partial charge is 0.334 e. The van der Waals surface area contributed by atoms with Gasteiger partial charge >= 0.3 is 0 Å². The monoisotopic (exact) mass is 359 g/mol. The summed E-state index contributed by atoms with van der Waals surface area (Å²) in [4.78, 5) is 15.3. The molecule has 144 valence electrons. The third kappa shape index (κ3) is 3.66. The molecule has 0 bridgehead atoms. The average Bonchev–Trinajstić information content (AvgIpc) is 3.29. The van der Waals surface area contributed by atoms with Gasteiger partial charge in [-0.3, -0.25) is 4.79 Å². The van der Waals surface area contributed by atoms with Gasteiger partial charge in [-0.15, -0.1) is 5.10 Å². The molecule has 1 amide bonds. The summed E-state index contributed by atoms with van der Waals surface area (Å²) < 4.78 is 2.00. The Kier molecular flexibility index (Phi) is 5.57. The number of nitrogens with one attached hydrogen (secondary N) is 1. The second-order valence-corrected chi connectivity index (χ2v) is 8.48. The van der Waals surface area contributed by atoms with Crippen molar-refractivity contribution in [3.8, 4) is 0 Å². The van der Waals surface area contributed by atoms with E-state index in [0.717, 1.165) is 56.9 Å². The third-order valence-corrected chi connectivity index (χ3v) is 6.75. The second kappa shape index (κ2) is 8.07.